The number of benzene rings is 1. The number of carbonyl (C=O) groups is 2. The van der Waals surface area contributed by atoms with Gasteiger partial charge in [-0.05, 0) is 62.7 Å². The number of Topliss-reactive ketones (excluding diaryl/α,β-unsaturated/α-hetero) is 1. The number of likely N-dealkylation sites (tertiary alicyclic amines) is 1. The molecule has 0 unspecified atom stereocenters. The van der Waals surface area contributed by atoms with Crippen molar-refractivity contribution >= 4 is 11.7 Å². The third-order valence-corrected chi connectivity index (χ3v) is 6.95. The summed E-state index contributed by atoms with van der Waals surface area (Å²) in [6.45, 7) is 8.75. The number of hydrogen-bond donors (Lipinski definition) is 1. The molecule has 1 aromatic carbocycles. The highest BCUT2D eigenvalue weighted by molar-refractivity contribution is 5.96. The van der Waals surface area contributed by atoms with E-state index in [1.807, 2.05) is 24.8 Å². The van der Waals surface area contributed by atoms with E-state index in [1.54, 1.807) is 25.1 Å². The number of amides is 1. The lowest BCUT2D eigenvalue weighted by Crippen LogP contribution is -2.56. The average Bonchev–Trinajstić information content (AvgIpc) is 3.17. The Morgan fingerprint density at radius 3 is 2.37 bits per heavy atom. The Balaban J connectivity index is 1.57. The fraction of sp³-hybridized carbons (Fsp3) is 0.500. The van der Waals surface area contributed by atoms with Gasteiger partial charge in [-0.1, -0.05) is 13.8 Å². The van der Waals surface area contributed by atoms with Crippen LogP contribution in [0.25, 0.3) is 0 Å². The topological polar surface area (TPSA) is 65.8 Å². The summed E-state index contributed by atoms with van der Waals surface area (Å²) in [5, 5.41) is 9.74. The molecule has 0 bridgehead atoms. The first-order valence-corrected chi connectivity index (χ1v) is 10.8. The number of fused-ring (bicyclic) bond motifs is 2. The van der Waals surface area contributed by atoms with Crippen LogP contribution in [0.1, 0.15) is 58.8 Å². The van der Waals surface area contributed by atoms with Gasteiger partial charge in [0.25, 0.3) is 5.91 Å². The van der Waals surface area contributed by atoms with E-state index in [-0.39, 0.29) is 28.9 Å². The van der Waals surface area contributed by atoms with Crippen LogP contribution in [-0.2, 0) is 12.1 Å². The van der Waals surface area contributed by atoms with Crippen LogP contribution in [0.5, 0.6) is 5.75 Å². The fourth-order valence-electron chi connectivity index (χ4n) is 4.97. The van der Waals surface area contributed by atoms with E-state index in [0.29, 0.717) is 24.2 Å². The van der Waals surface area contributed by atoms with E-state index in [0.717, 1.165) is 31.6 Å². The number of aromatic hydroxyl groups is 1. The average molecular weight is 410 g/mol. The number of piperidine rings is 1. The summed E-state index contributed by atoms with van der Waals surface area (Å²) in [5.41, 5.74) is 3.20. The maximum Gasteiger partial charge on any atom is 0.253 e. The fourth-order valence-corrected chi connectivity index (χ4v) is 4.97. The molecule has 2 aromatic rings. The van der Waals surface area contributed by atoms with Crippen molar-refractivity contribution in [1.82, 2.24) is 14.4 Å². The molecule has 0 aliphatic carbocycles. The minimum Gasteiger partial charge on any atom is -0.508 e. The molecule has 6 heteroatoms. The Bertz CT molecular complexity index is 984. The van der Waals surface area contributed by atoms with Crippen LogP contribution in [0.15, 0.2) is 30.3 Å². The summed E-state index contributed by atoms with van der Waals surface area (Å²) in [5.74, 6) is 0.391. The molecular weight excluding hydrogens is 378 g/mol. The number of phenols is 1. The summed E-state index contributed by atoms with van der Waals surface area (Å²) >= 11 is 0. The molecule has 30 heavy (non-hydrogen) atoms. The second-order valence-electron chi connectivity index (χ2n) is 9.02. The molecule has 1 fully saturated rings. The molecule has 1 saturated heterocycles. The maximum atomic E-state index is 13.0. The number of nitrogens with zero attached hydrogens (tertiary/aromatic N) is 3. The standard InChI is InChI=1S/C24H31N3O3/c1-16(2)22(29)19-6-8-21-24(25(4)13-14-27(19)21)9-11-26(12-10-24)23(30)18-5-7-20(28)17(3)15-18/h5-8,15-16,28H,9-14H2,1-4H3. The zero-order chi connectivity index (χ0) is 21.6. The molecule has 1 spiro atoms. The van der Waals surface area contributed by atoms with E-state index in [4.69, 9.17) is 0 Å². The second-order valence-corrected chi connectivity index (χ2v) is 9.02. The second kappa shape index (κ2) is 7.58. The Morgan fingerprint density at radius 1 is 1.03 bits per heavy atom. The summed E-state index contributed by atoms with van der Waals surface area (Å²) in [6, 6.07) is 9.13. The van der Waals surface area contributed by atoms with Crippen molar-refractivity contribution in [2.75, 3.05) is 26.7 Å². The lowest BCUT2D eigenvalue weighted by atomic mass is 9.81. The van der Waals surface area contributed by atoms with Crippen LogP contribution in [0, 0.1) is 12.8 Å². The molecule has 6 nitrogen and oxygen atoms in total. The first-order chi connectivity index (χ1) is 14.2. The predicted octanol–water partition coefficient (Wildman–Crippen LogP) is 3.42. The largest absolute Gasteiger partial charge is 0.508 e. The highest BCUT2D eigenvalue weighted by Crippen LogP contribution is 2.42. The first-order valence-electron chi connectivity index (χ1n) is 10.8. The van der Waals surface area contributed by atoms with Gasteiger partial charge in [-0.2, -0.15) is 0 Å². The van der Waals surface area contributed by atoms with E-state index >= 15 is 0 Å². The van der Waals surface area contributed by atoms with Crippen molar-refractivity contribution in [3.63, 3.8) is 0 Å². The van der Waals surface area contributed by atoms with Crippen LogP contribution < -0.4 is 0 Å². The Kier molecular flexibility index (Phi) is 5.22. The molecule has 1 N–H and O–H groups in total. The molecular formula is C24H31N3O3. The van der Waals surface area contributed by atoms with Crippen LogP contribution in [-0.4, -0.2) is 57.8 Å². The minimum atomic E-state index is -0.143. The highest BCUT2D eigenvalue weighted by atomic mass is 16.3. The van der Waals surface area contributed by atoms with E-state index < -0.39 is 0 Å². The van der Waals surface area contributed by atoms with E-state index in [2.05, 4.69) is 22.6 Å². The summed E-state index contributed by atoms with van der Waals surface area (Å²) in [4.78, 5) is 30.0. The van der Waals surface area contributed by atoms with Gasteiger partial charge in [0.05, 0.1) is 11.2 Å². The monoisotopic (exact) mass is 409 g/mol. The van der Waals surface area contributed by atoms with Crippen molar-refractivity contribution in [1.29, 1.82) is 0 Å². The van der Waals surface area contributed by atoms with Gasteiger partial charge in [-0.25, -0.2) is 0 Å². The van der Waals surface area contributed by atoms with Gasteiger partial charge < -0.3 is 14.6 Å². The SMILES string of the molecule is Cc1cc(C(=O)N2CCC3(CC2)c2ccc(C(=O)C(C)C)n2CCN3C)ccc1O. The van der Waals surface area contributed by atoms with Crippen molar-refractivity contribution in [2.24, 2.45) is 5.92 Å². The number of carbonyl (C=O) groups excluding carboxylic acids is 2. The van der Waals surface area contributed by atoms with Crippen LogP contribution in [0.3, 0.4) is 0 Å². The molecule has 4 rings (SSSR count). The third kappa shape index (κ3) is 3.23. The molecule has 1 amide bonds. The van der Waals surface area contributed by atoms with Gasteiger partial charge in [-0.3, -0.25) is 14.5 Å². The van der Waals surface area contributed by atoms with Gasteiger partial charge in [0.2, 0.25) is 0 Å². The van der Waals surface area contributed by atoms with Crippen LogP contribution in [0.2, 0.25) is 0 Å². The number of aryl methyl sites for hydroxylation is 1. The zero-order valence-electron chi connectivity index (χ0n) is 18.3. The van der Waals surface area contributed by atoms with Crippen LogP contribution in [0.4, 0.5) is 0 Å². The van der Waals surface area contributed by atoms with Gasteiger partial charge >= 0.3 is 0 Å². The number of aromatic nitrogens is 1. The number of phenolic OH excluding ortho intramolecular Hbond substituents is 1. The summed E-state index contributed by atoms with van der Waals surface area (Å²) in [6.07, 6.45) is 1.68. The lowest BCUT2D eigenvalue weighted by Gasteiger charge is -2.50. The van der Waals surface area contributed by atoms with Crippen molar-refractivity contribution in [3.8, 4) is 5.75 Å². The minimum absolute atomic E-state index is 0.0115. The maximum absolute atomic E-state index is 13.0. The molecule has 0 saturated carbocycles. The summed E-state index contributed by atoms with van der Waals surface area (Å²) in [7, 11) is 2.15. The molecule has 2 aliphatic rings. The highest BCUT2D eigenvalue weighted by Gasteiger charge is 2.45. The number of rotatable bonds is 3. The summed E-state index contributed by atoms with van der Waals surface area (Å²) < 4.78 is 2.21. The number of likely N-dealkylation sites (N-methyl/N-ethyl adjacent to an activating group) is 1. The quantitative estimate of drug-likeness (QED) is 0.789. The van der Waals surface area contributed by atoms with Crippen molar-refractivity contribution < 1.29 is 14.7 Å². The number of ketones is 1. The first kappa shape index (κ1) is 20.7. The van der Waals surface area contributed by atoms with Gasteiger partial charge in [0.15, 0.2) is 5.78 Å². The normalized spacial score (nSPS) is 18.6. The Labute approximate surface area is 178 Å². The lowest BCUT2D eigenvalue weighted by molar-refractivity contribution is 0.0127. The van der Waals surface area contributed by atoms with Crippen molar-refractivity contribution in [3.05, 3.63) is 52.8 Å². The van der Waals surface area contributed by atoms with Crippen molar-refractivity contribution in [2.45, 2.75) is 45.7 Å². The molecule has 3 heterocycles. The molecule has 2 aliphatic heterocycles. The Morgan fingerprint density at radius 2 is 1.73 bits per heavy atom. The zero-order valence-corrected chi connectivity index (χ0v) is 18.3. The van der Waals surface area contributed by atoms with Gasteiger partial charge in [-0.15, -0.1) is 0 Å². The molecule has 0 atom stereocenters. The van der Waals surface area contributed by atoms with Gasteiger partial charge in [0.1, 0.15) is 5.75 Å². The smallest absolute Gasteiger partial charge is 0.253 e. The molecule has 1 aromatic heterocycles. The molecule has 160 valence electrons. The van der Waals surface area contributed by atoms with Gasteiger partial charge in [0, 0.05) is 43.4 Å². The predicted molar refractivity (Wildman–Crippen MR) is 116 cm³/mol. The number of hydrogen-bond acceptors (Lipinski definition) is 4. The van der Waals surface area contributed by atoms with E-state index in [9.17, 15) is 14.7 Å². The molecule has 0 radical (unpaired) electrons. The van der Waals surface area contributed by atoms with E-state index in [1.165, 1.54) is 5.69 Å². The Hall–Kier alpha value is -2.60. The van der Waals surface area contributed by atoms with Crippen LogP contribution >= 0.6 is 0 Å². The third-order valence-electron chi connectivity index (χ3n) is 6.95.